The van der Waals surface area contributed by atoms with Crippen molar-refractivity contribution in [2.75, 3.05) is 6.61 Å². The molecule has 0 aliphatic heterocycles. The zero-order valence-corrected chi connectivity index (χ0v) is 16.3. The molecule has 0 fully saturated rings. The molecule has 1 N–H and O–H groups in total. The molecular formula is C22H30O5. The summed E-state index contributed by atoms with van der Waals surface area (Å²) in [7, 11) is 0. The van der Waals surface area contributed by atoms with E-state index >= 15 is 0 Å². The molecule has 5 heteroatoms. The van der Waals surface area contributed by atoms with Crippen LogP contribution in [0.3, 0.4) is 0 Å². The van der Waals surface area contributed by atoms with E-state index in [-0.39, 0.29) is 23.9 Å². The Bertz CT molecular complexity index is 635. The van der Waals surface area contributed by atoms with Gasteiger partial charge in [0.05, 0.1) is 6.42 Å². The third kappa shape index (κ3) is 8.20. The highest BCUT2D eigenvalue weighted by Gasteiger charge is 2.25. The zero-order valence-electron chi connectivity index (χ0n) is 16.3. The number of ketones is 1. The van der Waals surface area contributed by atoms with Crippen LogP contribution in [-0.4, -0.2) is 29.4 Å². The maximum atomic E-state index is 12.8. The molecule has 1 aromatic rings. The van der Waals surface area contributed by atoms with Crippen LogP contribution in [-0.2, 0) is 19.1 Å². The van der Waals surface area contributed by atoms with E-state index in [1.807, 2.05) is 30.3 Å². The number of hydrogen-bond donors (Lipinski definition) is 1. The van der Waals surface area contributed by atoms with E-state index < -0.39 is 18.4 Å². The molecule has 5 nitrogen and oxygen atoms in total. The van der Waals surface area contributed by atoms with Gasteiger partial charge in [-0.1, -0.05) is 76.4 Å². The third-order valence-electron chi connectivity index (χ3n) is 4.70. The zero-order chi connectivity index (χ0) is 20.2. The lowest BCUT2D eigenvalue weighted by atomic mass is 9.83. The first-order valence-electron chi connectivity index (χ1n) is 9.53. The SMILES string of the molecule is C=C(CC(=O)O)C(=O)OCC(=O)C(CC(CC)CCCC)c1ccccc1. The Kier molecular flexibility index (Phi) is 10.1. The Morgan fingerprint density at radius 3 is 2.37 bits per heavy atom. The summed E-state index contributed by atoms with van der Waals surface area (Å²) in [5.74, 6) is -2.08. The summed E-state index contributed by atoms with van der Waals surface area (Å²) in [4.78, 5) is 35.3. The number of hydrogen-bond acceptors (Lipinski definition) is 4. The van der Waals surface area contributed by atoms with Gasteiger partial charge in [-0.15, -0.1) is 0 Å². The van der Waals surface area contributed by atoms with Crippen LogP contribution in [0.2, 0.25) is 0 Å². The highest BCUT2D eigenvalue weighted by molar-refractivity contribution is 5.95. The van der Waals surface area contributed by atoms with Crippen LogP contribution >= 0.6 is 0 Å². The van der Waals surface area contributed by atoms with Crippen molar-refractivity contribution in [3.63, 3.8) is 0 Å². The van der Waals surface area contributed by atoms with Crippen molar-refractivity contribution in [1.29, 1.82) is 0 Å². The first kappa shape index (κ1) is 22.6. The number of esters is 1. The molecule has 27 heavy (non-hydrogen) atoms. The lowest BCUT2D eigenvalue weighted by Crippen LogP contribution is -2.23. The molecule has 0 saturated carbocycles. The minimum Gasteiger partial charge on any atom is -0.481 e. The van der Waals surface area contributed by atoms with E-state index in [0.29, 0.717) is 12.3 Å². The van der Waals surface area contributed by atoms with E-state index in [1.54, 1.807) is 0 Å². The van der Waals surface area contributed by atoms with Gasteiger partial charge < -0.3 is 9.84 Å². The molecular weight excluding hydrogens is 344 g/mol. The van der Waals surface area contributed by atoms with Crippen LogP contribution in [0.25, 0.3) is 0 Å². The number of rotatable bonds is 13. The number of carboxylic acids is 1. The molecule has 1 aromatic carbocycles. The van der Waals surface area contributed by atoms with Crippen molar-refractivity contribution in [1.82, 2.24) is 0 Å². The first-order chi connectivity index (χ1) is 12.9. The monoisotopic (exact) mass is 374 g/mol. The molecule has 0 heterocycles. The fourth-order valence-corrected chi connectivity index (χ4v) is 3.05. The van der Waals surface area contributed by atoms with Gasteiger partial charge >= 0.3 is 11.9 Å². The maximum absolute atomic E-state index is 12.8. The average Bonchev–Trinajstić information content (AvgIpc) is 2.66. The summed E-state index contributed by atoms with van der Waals surface area (Å²) in [5.41, 5.74) is 0.749. The molecule has 0 aliphatic carbocycles. The maximum Gasteiger partial charge on any atom is 0.334 e. The Hall–Kier alpha value is -2.43. The average molecular weight is 374 g/mol. The second-order valence-electron chi connectivity index (χ2n) is 6.83. The van der Waals surface area contributed by atoms with Crippen LogP contribution in [0.4, 0.5) is 0 Å². The molecule has 0 saturated heterocycles. The van der Waals surface area contributed by atoms with Crippen LogP contribution in [0.15, 0.2) is 42.5 Å². The lowest BCUT2D eigenvalue weighted by molar-refractivity contribution is -0.146. The number of aliphatic carboxylic acids is 1. The lowest BCUT2D eigenvalue weighted by Gasteiger charge is -2.22. The molecule has 2 atom stereocenters. The van der Waals surface area contributed by atoms with Crippen molar-refractivity contribution in [2.45, 2.75) is 58.3 Å². The van der Waals surface area contributed by atoms with Gasteiger partial charge in [0, 0.05) is 11.5 Å². The number of Topliss-reactive ketones (excluding diaryl/α,β-unsaturated/α-hetero) is 1. The second-order valence-corrected chi connectivity index (χ2v) is 6.83. The number of unbranched alkanes of at least 4 members (excludes halogenated alkanes) is 1. The predicted molar refractivity (Wildman–Crippen MR) is 104 cm³/mol. The van der Waals surface area contributed by atoms with Gasteiger partial charge in [-0.05, 0) is 17.9 Å². The van der Waals surface area contributed by atoms with Gasteiger partial charge in [0.2, 0.25) is 0 Å². The largest absolute Gasteiger partial charge is 0.481 e. The molecule has 0 amide bonds. The fraction of sp³-hybridized carbons (Fsp3) is 0.500. The van der Waals surface area contributed by atoms with Crippen molar-refractivity contribution in [3.05, 3.63) is 48.0 Å². The van der Waals surface area contributed by atoms with Gasteiger partial charge in [0.25, 0.3) is 0 Å². The quantitative estimate of drug-likeness (QED) is 0.405. The highest BCUT2D eigenvalue weighted by atomic mass is 16.5. The van der Waals surface area contributed by atoms with E-state index in [2.05, 4.69) is 20.4 Å². The Morgan fingerprint density at radius 2 is 1.81 bits per heavy atom. The van der Waals surface area contributed by atoms with E-state index in [4.69, 9.17) is 9.84 Å². The Balaban J connectivity index is 2.80. The molecule has 0 radical (unpaired) electrons. The van der Waals surface area contributed by atoms with Crippen LogP contribution < -0.4 is 0 Å². The van der Waals surface area contributed by atoms with Crippen molar-refractivity contribution < 1.29 is 24.2 Å². The summed E-state index contributed by atoms with van der Waals surface area (Å²) in [6.07, 6.45) is 4.52. The molecule has 0 aromatic heterocycles. The summed E-state index contributed by atoms with van der Waals surface area (Å²) in [6, 6.07) is 9.52. The van der Waals surface area contributed by atoms with Gasteiger partial charge in [0.15, 0.2) is 12.4 Å². The summed E-state index contributed by atoms with van der Waals surface area (Å²) in [5, 5.41) is 8.71. The topological polar surface area (TPSA) is 80.7 Å². The van der Waals surface area contributed by atoms with Crippen LogP contribution in [0.1, 0.15) is 63.9 Å². The van der Waals surface area contributed by atoms with Crippen LogP contribution in [0.5, 0.6) is 0 Å². The van der Waals surface area contributed by atoms with E-state index in [9.17, 15) is 14.4 Å². The van der Waals surface area contributed by atoms with Gasteiger partial charge in [-0.25, -0.2) is 4.79 Å². The highest BCUT2D eigenvalue weighted by Crippen LogP contribution is 2.29. The van der Waals surface area contributed by atoms with Crippen molar-refractivity contribution >= 4 is 17.7 Å². The molecule has 1 rings (SSSR count). The number of carbonyl (C=O) groups is 3. The first-order valence-corrected chi connectivity index (χ1v) is 9.53. The normalized spacial score (nSPS) is 12.8. The number of carbonyl (C=O) groups excluding carboxylic acids is 2. The minimum absolute atomic E-state index is 0.166. The van der Waals surface area contributed by atoms with Crippen molar-refractivity contribution in [3.8, 4) is 0 Å². The summed E-state index contributed by atoms with van der Waals surface area (Å²) in [6.45, 7) is 7.31. The van der Waals surface area contributed by atoms with Gasteiger partial charge in [-0.3, -0.25) is 9.59 Å². The van der Waals surface area contributed by atoms with Crippen LogP contribution in [0, 0.1) is 5.92 Å². The smallest absolute Gasteiger partial charge is 0.334 e. The minimum atomic E-state index is -1.16. The van der Waals surface area contributed by atoms with Gasteiger partial charge in [0.1, 0.15) is 0 Å². The second kappa shape index (κ2) is 12.0. The number of ether oxygens (including phenoxy) is 1. The molecule has 0 aliphatic rings. The molecule has 0 bridgehead atoms. The number of carboxylic acid groups (broad SMARTS) is 1. The van der Waals surface area contributed by atoms with E-state index in [0.717, 1.165) is 31.2 Å². The number of benzene rings is 1. The standard InChI is InChI=1S/C22H30O5/c1-4-6-10-17(5-2)14-19(18-11-8-7-9-12-18)20(23)15-27-22(26)16(3)13-21(24)25/h7-9,11-12,17,19H,3-6,10,13-15H2,1-2H3,(H,24,25). The van der Waals surface area contributed by atoms with Gasteiger partial charge in [-0.2, -0.15) is 0 Å². The summed E-state index contributed by atoms with van der Waals surface area (Å²) >= 11 is 0. The Morgan fingerprint density at radius 1 is 1.15 bits per heavy atom. The predicted octanol–water partition coefficient (Wildman–Crippen LogP) is 4.52. The molecule has 148 valence electrons. The third-order valence-corrected chi connectivity index (χ3v) is 4.70. The fourth-order valence-electron chi connectivity index (χ4n) is 3.05. The van der Waals surface area contributed by atoms with E-state index in [1.165, 1.54) is 0 Å². The molecule has 0 spiro atoms. The Labute approximate surface area is 161 Å². The molecule has 2 unspecified atom stereocenters. The van der Waals surface area contributed by atoms with Crippen molar-refractivity contribution in [2.24, 2.45) is 5.92 Å². The summed E-state index contributed by atoms with van der Waals surface area (Å²) < 4.78 is 5.01.